The van der Waals surface area contributed by atoms with Gasteiger partial charge in [-0.1, -0.05) is 28.1 Å². The summed E-state index contributed by atoms with van der Waals surface area (Å²) >= 11 is 3.26. The molecule has 0 aliphatic heterocycles. The molecule has 0 spiro atoms. The number of nitrogens with two attached hydrogens (primary N) is 1. The number of aliphatic carboxylic acids is 1. The van der Waals surface area contributed by atoms with Gasteiger partial charge in [0.1, 0.15) is 11.8 Å². The molecule has 0 aromatic heterocycles. The fraction of sp³-hybridized carbons (Fsp3) is 0.364. The van der Waals surface area contributed by atoms with Crippen molar-refractivity contribution in [2.24, 2.45) is 5.73 Å². The zero-order chi connectivity index (χ0) is 12.0. The van der Waals surface area contributed by atoms with Gasteiger partial charge >= 0.3 is 5.97 Å². The van der Waals surface area contributed by atoms with E-state index in [2.05, 4.69) is 15.9 Å². The lowest BCUT2D eigenvalue weighted by Crippen LogP contribution is -2.32. The highest BCUT2D eigenvalue weighted by molar-refractivity contribution is 9.09. The third-order valence-corrected chi connectivity index (χ3v) is 2.37. The van der Waals surface area contributed by atoms with Crippen LogP contribution in [0.25, 0.3) is 0 Å². The molecule has 4 nitrogen and oxygen atoms in total. The molecular weight excluding hydrogens is 274 g/mol. The fourth-order valence-corrected chi connectivity index (χ4v) is 1.38. The monoisotopic (exact) mass is 287 g/mol. The molecule has 5 heteroatoms. The van der Waals surface area contributed by atoms with Crippen molar-refractivity contribution >= 4 is 21.9 Å². The summed E-state index contributed by atoms with van der Waals surface area (Å²) in [6.07, 6.45) is 0.327. The Kier molecular flexibility index (Phi) is 5.28. The molecule has 1 aromatic carbocycles. The predicted octanol–water partition coefficient (Wildman–Crippen LogP) is 1.41. The molecule has 1 aromatic rings. The van der Waals surface area contributed by atoms with Gasteiger partial charge in [-0.25, -0.2) is 0 Å². The Labute approximate surface area is 103 Å². The minimum Gasteiger partial charge on any atom is -0.493 e. The van der Waals surface area contributed by atoms with Crippen LogP contribution in [0.2, 0.25) is 0 Å². The zero-order valence-electron chi connectivity index (χ0n) is 8.73. The number of carboxylic acids is 1. The van der Waals surface area contributed by atoms with E-state index < -0.39 is 12.0 Å². The Morgan fingerprint density at radius 2 is 2.06 bits per heavy atom. The Bertz CT molecular complexity index is 340. The highest BCUT2D eigenvalue weighted by Gasteiger charge is 2.11. The largest absolute Gasteiger partial charge is 0.493 e. The lowest BCUT2D eigenvalue weighted by molar-refractivity contribution is -0.138. The first kappa shape index (κ1) is 13.0. The summed E-state index contributed by atoms with van der Waals surface area (Å²) in [5.41, 5.74) is 6.32. The van der Waals surface area contributed by atoms with Crippen molar-refractivity contribution in [1.29, 1.82) is 0 Å². The van der Waals surface area contributed by atoms with Crippen LogP contribution >= 0.6 is 15.9 Å². The quantitative estimate of drug-likeness (QED) is 0.776. The average Bonchev–Trinajstić information content (AvgIpc) is 2.28. The second-order valence-electron chi connectivity index (χ2n) is 3.33. The van der Waals surface area contributed by atoms with Crippen LogP contribution < -0.4 is 10.5 Å². The van der Waals surface area contributed by atoms with E-state index in [-0.39, 0.29) is 0 Å². The minimum absolute atomic E-state index is 0.327. The molecule has 0 aliphatic carbocycles. The maximum absolute atomic E-state index is 10.6. The first-order chi connectivity index (χ1) is 7.63. The molecule has 1 rings (SSSR count). The molecule has 0 aliphatic rings. The van der Waals surface area contributed by atoms with Crippen molar-refractivity contribution in [3.63, 3.8) is 0 Å². The van der Waals surface area contributed by atoms with E-state index in [4.69, 9.17) is 15.6 Å². The molecule has 0 unspecified atom stereocenters. The second kappa shape index (κ2) is 6.50. The summed E-state index contributed by atoms with van der Waals surface area (Å²) in [4.78, 5) is 10.6. The van der Waals surface area contributed by atoms with E-state index >= 15 is 0 Å². The van der Waals surface area contributed by atoms with Gasteiger partial charge in [0, 0.05) is 5.33 Å². The van der Waals surface area contributed by atoms with E-state index in [0.717, 1.165) is 16.6 Å². The summed E-state index contributed by atoms with van der Waals surface area (Å²) in [5.74, 6) is -0.216. The molecule has 3 N–H and O–H groups in total. The molecule has 0 saturated heterocycles. The van der Waals surface area contributed by atoms with Crippen molar-refractivity contribution in [3.05, 3.63) is 29.8 Å². The first-order valence-corrected chi connectivity index (χ1v) is 6.01. The van der Waals surface area contributed by atoms with Crippen molar-refractivity contribution in [2.75, 3.05) is 11.9 Å². The molecule has 0 heterocycles. The lowest BCUT2D eigenvalue weighted by atomic mass is 10.1. The van der Waals surface area contributed by atoms with E-state index in [9.17, 15) is 4.79 Å². The van der Waals surface area contributed by atoms with Gasteiger partial charge in [0.2, 0.25) is 0 Å². The van der Waals surface area contributed by atoms with Crippen LogP contribution in [-0.4, -0.2) is 29.1 Å². The lowest BCUT2D eigenvalue weighted by Gasteiger charge is -2.08. The van der Waals surface area contributed by atoms with Gasteiger partial charge in [-0.2, -0.15) is 0 Å². The second-order valence-corrected chi connectivity index (χ2v) is 4.12. The van der Waals surface area contributed by atoms with Crippen LogP contribution in [0.3, 0.4) is 0 Å². The Morgan fingerprint density at radius 1 is 1.44 bits per heavy atom. The fourth-order valence-electron chi connectivity index (χ4n) is 1.22. The van der Waals surface area contributed by atoms with E-state index in [1.807, 2.05) is 24.3 Å². The molecule has 0 bridgehead atoms. The number of hydrogen-bond acceptors (Lipinski definition) is 3. The van der Waals surface area contributed by atoms with Crippen LogP contribution in [0.5, 0.6) is 5.75 Å². The number of rotatable bonds is 6. The Morgan fingerprint density at radius 3 is 2.56 bits per heavy atom. The number of hydrogen-bond donors (Lipinski definition) is 2. The summed E-state index contributed by atoms with van der Waals surface area (Å²) in [6.45, 7) is 0.605. The Hall–Kier alpha value is -1.07. The van der Waals surface area contributed by atoms with Crippen LogP contribution in [0.1, 0.15) is 5.56 Å². The van der Waals surface area contributed by atoms with Crippen molar-refractivity contribution in [2.45, 2.75) is 12.5 Å². The van der Waals surface area contributed by atoms with Crippen molar-refractivity contribution < 1.29 is 14.6 Å². The van der Waals surface area contributed by atoms with Gasteiger partial charge in [0.25, 0.3) is 0 Å². The molecule has 88 valence electrons. The number of carboxylic acid groups (broad SMARTS) is 1. The topological polar surface area (TPSA) is 72.5 Å². The number of ether oxygens (including phenoxy) is 1. The summed E-state index contributed by atoms with van der Waals surface area (Å²) < 4.78 is 5.37. The van der Waals surface area contributed by atoms with Crippen LogP contribution in [0.4, 0.5) is 0 Å². The van der Waals surface area contributed by atoms with Crippen LogP contribution in [0.15, 0.2) is 24.3 Å². The SMILES string of the molecule is N[C@H](Cc1ccc(OCCBr)cc1)C(=O)O. The molecule has 0 amide bonds. The predicted molar refractivity (Wildman–Crippen MR) is 65.0 cm³/mol. The summed E-state index contributed by atoms with van der Waals surface area (Å²) in [7, 11) is 0. The number of benzene rings is 1. The summed E-state index contributed by atoms with van der Waals surface area (Å²) in [6, 6.07) is 6.42. The smallest absolute Gasteiger partial charge is 0.320 e. The highest BCUT2D eigenvalue weighted by atomic mass is 79.9. The number of alkyl halides is 1. The molecule has 0 saturated carbocycles. The van der Waals surface area contributed by atoms with Gasteiger partial charge in [-0.15, -0.1) is 0 Å². The first-order valence-electron chi connectivity index (χ1n) is 4.89. The van der Waals surface area contributed by atoms with Crippen LogP contribution in [-0.2, 0) is 11.2 Å². The number of carbonyl (C=O) groups is 1. The molecular formula is C11H14BrNO3. The normalized spacial score (nSPS) is 12.1. The molecule has 0 radical (unpaired) electrons. The van der Waals surface area contributed by atoms with E-state index in [1.54, 1.807) is 0 Å². The van der Waals surface area contributed by atoms with Gasteiger partial charge < -0.3 is 15.6 Å². The van der Waals surface area contributed by atoms with Crippen LogP contribution in [0, 0.1) is 0 Å². The van der Waals surface area contributed by atoms with Crippen molar-refractivity contribution in [1.82, 2.24) is 0 Å². The maximum Gasteiger partial charge on any atom is 0.320 e. The third-order valence-electron chi connectivity index (χ3n) is 2.04. The van der Waals surface area contributed by atoms with Gasteiger partial charge in [0.15, 0.2) is 0 Å². The summed E-state index contributed by atoms with van der Waals surface area (Å²) in [5, 5.41) is 9.44. The number of halogens is 1. The molecule has 16 heavy (non-hydrogen) atoms. The van der Waals surface area contributed by atoms with Gasteiger partial charge in [-0.3, -0.25) is 4.79 Å². The Balaban J connectivity index is 2.54. The van der Waals surface area contributed by atoms with Gasteiger partial charge in [-0.05, 0) is 24.1 Å². The standard InChI is InChI=1S/C11H14BrNO3/c12-5-6-16-9-3-1-8(2-4-9)7-10(13)11(14)15/h1-4,10H,5-7,13H2,(H,14,15)/t10-/m1/s1. The third kappa shape index (κ3) is 4.20. The molecule has 1 atom stereocenters. The average molecular weight is 288 g/mol. The van der Waals surface area contributed by atoms with Gasteiger partial charge in [0.05, 0.1) is 6.61 Å². The molecule has 0 fully saturated rings. The van der Waals surface area contributed by atoms with Crippen molar-refractivity contribution in [3.8, 4) is 5.75 Å². The van der Waals surface area contributed by atoms with E-state index in [1.165, 1.54) is 0 Å². The van der Waals surface area contributed by atoms with E-state index in [0.29, 0.717) is 13.0 Å². The zero-order valence-corrected chi connectivity index (χ0v) is 10.3. The minimum atomic E-state index is -0.986. The maximum atomic E-state index is 10.6. The highest BCUT2D eigenvalue weighted by Crippen LogP contribution is 2.13.